The van der Waals surface area contributed by atoms with Crippen molar-refractivity contribution in [1.29, 1.82) is 0 Å². The second-order valence-corrected chi connectivity index (χ2v) is 7.03. The van der Waals surface area contributed by atoms with Crippen molar-refractivity contribution in [3.8, 4) is 0 Å². The molecule has 30 heavy (non-hydrogen) atoms. The van der Waals surface area contributed by atoms with Gasteiger partial charge >= 0.3 is 12.1 Å². The first-order chi connectivity index (χ1) is 14.0. The minimum Gasteiger partial charge on any atom is -0.466 e. The Hall–Kier alpha value is -2.85. The molecule has 2 heterocycles. The van der Waals surface area contributed by atoms with Crippen molar-refractivity contribution in [3.05, 3.63) is 34.2 Å². The predicted octanol–water partition coefficient (Wildman–Crippen LogP) is 1.13. The number of pyridine rings is 1. The van der Waals surface area contributed by atoms with Crippen molar-refractivity contribution in [2.45, 2.75) is 32.5 Å². The third kappa shape index (κ3) is 5.83. The largest absolute Gasteiger partial charge is 0.466 e. The van der Waals surface area contributed by atoms with Crippen molar-refractivity contribution < 1.29 is 32.3 Å². The van der Waals surface area contributed by atoms with Crippen LogP contribution in [0.5, 0.6) is 0 Å². The van der Waals surface area contributed by atoms with Crippen LogP contribution in [0.3, 0.4) is 0 Å². The highest BCUT2D eigenvalue weighted by Crippen LogP contribution is 2.26. The fraction of sp³-hybridized carbons (Fsp3) is 0.579. The van der Waals surface area contributed by atoms with E-state index in [0.29, 0.717) is 30.0 Å². The molecule has 0 bridgehead atoms. The topological polar surface area (TPSA) is 88.9 Å². The Labute approximate surface area is 171 Å². The average molecular weight is 431 g/mol. The summed E-state index contributed by atoms with van der Waals surface area (Å²) in [5.41, 5.74) is -2.69. The average Bonchev–Trinajstić information content (AvgIpc) is 2.68. The fourth-order valence-electron chi connectivity index (χ4n) is 3.19. The number of nitrogens with zero attached hydrogens (tertiary/aromatic N) is 3. The summed E-state index contributed by atoms with van der Waals surface area (Å²) >= 11 is 0. The van der Waals surface area contributed by atoms with Crippen molar-refractivity contribution in [2.24, 2.45) is 5.92 Å². The van der Waals surface area contributed by atoms with Gasteiger partial charge in [-0.05, 0) is 31.9 Å². The van der Waals surface area contributed by atoms with Gasteiger partial charge in [0.25, 0.3) is 5.56 Å². The number of hydrogen-bond donors (Lipinski definition) is 0. The van der Waals surface area contributed by atoms with Gasteiger partial charge in [-0.2, -0.15) is 13.2 Å². The van der Waals surface area contributed by atoms with Gasteiger partial charge in [0.15, 0.2) is 0 Å². The van der Waals surface area contributed by atoms with Gasteiger partial charge in [0.2, 0.25) is 11.8 Å². The van der Waals surface area contributed by atoms with Gasteiger partial charge < -0.3 is 19.1 Å². The van der Waals surface area contributed by atoms with Crippen LogP contribution in [0.2, 0.25) is 0 Å². The molecular weight excluding hydrogens is 407 g/mol. The normalized spacial score (nSPS) is 16.8. The summed E-state index contributed by atoms with van der Waals surface area (Å²) in [5, 5.41) is 0. The van der Waals surface area contributed by atoms with Crippen LogP contribution in [0.4, 0.5) is 13.2 Å². The third-order valence-corrected chi connectivity index (χ3v) is 4.82. The molecule has 0 aromatic carbocycles. The van der Waals surface area contributed by atoms with Gasteiger partial charge in [0.1, 0.15) is 12.1 Å². The molecule has 11 heteroatoms. The van der Waals surface area contributed by atoms with Gasteiger partial charge in [0.05, 0.1) is 19.1 Å². The Kier molecular flexibility index (Phi) is 7.63. The second-order valence-electron chi connectivity index (χ2n) is 7.03. The smallest absolute Gasteiger partial charge is 0.421 e. The number of carbonyl (C=O) groups is 3. The molecule has 0 spiro atoms. The number of amides is 2. The van der Waals surface area contributed by atoms with Crippen LogP contribution in [0, 0.1) is 5.92 Å². The number of ether oxygens (including phenoxy) is 1. The van der Waals surface area contributed by atoms with E-state index in [4.69, 9.17) is 4.74 Å². The molecule has 2 rings (SSSR count). The lowest BCUT2D eigenvalue weighted by Crippen LogP contribution is -2.47. The van der Waals surface area contributed by atoms with Gasteiger partial charge in [-0.3, -0.25) is 19.2 Å². The monoisotopic (exact) mass is 431 g/mol. The molecule has 166 valence electrons. The number of alkyl halides is 3. The molecule has 0 saturated carbocycles. The van der Waals surface area contributed by atoms with Crippen LogP contribution >= 0.6 is 0 Å². The molecule has 0 N–H and O–H groups in total. The van der Waals surface area contributed by atoms with Crippen molar-refractivity contribution in [2.75, 3.05) is 33.3 Å². The molecule has 1 aliphatic heterocycles. The zero-order chi connectivity index (χ0) is 22.5. The predicted molar refractivity (Wildman–Crippen MR) is 99.3 cm³/mol. The molecule has 1 aromatic heterocycles. The Morgan fingerprint density at radius 1 is 1.30 bits per heavy atom. The molecule has 2 amide bonds. The summed E-state index contributed by atoms with van der Waals surface area (Å²) in [6.07, 6.45) is -2.52. The lowest BCUT2D eigenvalue weighted by molar-refractivity contribution is -0.152. The van der Waals surface area contributed by atoms with E-state index < -0.39 is 41.6 Å². The van der Waals surface area contributed by atoms with E-state index in [9.17, 15) is 32.3 Å². The number of esters is 1. The first kappa shape index (κ1) is 23.4. The van der Waals surface area contributed by atoms with Crippen molar-refractivity contribution in [3.63, 3.8) is 0 Å². The number of aromatic nitrogens is 1. The zero-order valence-corrected chi connectivity index (χ0v) is 16.8. The van der Waals surface area contributed by atoms with E-state index in [-0.39, 0.29) is 25.7 Å². The first-order valence-corrected chi connectivity index (χ1v) is 9.49. The van der Waals surface area contributed by atoms with Gasteiger partial charge in [-0.1, -0.05) is 0 Å². The SMILES string of the molecule is CCOC(=O)C1CCCN(C(=O)CN(C)C(=O)Cn2cccc(C(F)(F)F)c2=O)C1. The van der Waals surface area contributed by atoms with Gasteiger partial charge in [-0.15, -0.1) is 0 Å². The minimum absolute atomic E-state index is 0.187. The summed E-state index contributed by atoms with van der Waals surface area (Å²) in [4.78, 5) is 51.2. The molecule has 1 saturated heterocycles. The summed E-state index contributed by atoms with van der Waals surface area (Å²) in [5.74, 6) is -1.88. The van der Waals surface area contributed by atoms with E-state index in [0.717, 1.165) is 17.2 Å². The molecule has 1 unspecified atom stereocenters. The lowest BCUT2D eigenvalue weighted by atomic mass is 9.98. The van der Waals surface area contributed by atoms with Gasteiger partial charge in [0, 0.05) is 26.3 Å². The Bertz CT molecular complexity index is 853. The maximum absolute atomic E-state index is 12.8. The number of piperidine rings is 1. The molecule has 0 radical (unpaired) electrons. The highest BCUT2D eigenvalue weighted by Gasteiger charge is 2.34. The maximum Gasteiger partial charge on any atom is 0.421 e. The zero-order valence-electron chi connectivity index (χ0n) is 16.8. The first-order valence-electron chi connectivity index (χ1n) is 9.49. The maximum atomic E-state index is 12.8. The second kappa shape index (κ2) is 9.77. The minimum atomic E-state index is -4.82. The number of likely N-dealkylation sites (tertiary alicyclic amines) is 1. The summed E-state index contributed by atoms with van der Waals surface area (Å²) < 4.78 is 44.2. The lowest BCUT2D eigenvalue weighted by Gasteiger charge is -2.32. The number of halogens is 3. The highest BCUT2D eigenvalue weighted by molar-refractivity contribution is 5.85. The number of hydrogen-bond acceptors (Lipinski definition) is 5. The summed E-state index contributed by atoms with van der Waals surface area (Å²) in [6.45, 7) is 1.62. The van der Waals surface area contributed by atoms with E-state index in [1.165, 1.54) is 11.9 Å². The van der Waals surface area contributed by atoms with Crippen molar-refractivity contribution >= 4 is 17.8 Å². The van der Waals surface area contributed by atoms with E-state index in [1.54, 1.807) is 6.92 Å². The fourth-order valence-corrected chi connectivity index (χ4v) is 3.19. The van der Waals surface area contributed by atoms with E-state index >= 15 is 0 Å². The number of likely N-dealkylation sites (N-methyl/N-ethyl adjacent to an activating group) is 1. The molecular formula is C19H24F3N3O5. The molecule has 1 aliphatic rings. The van der Waals surface area contributed by atoms with Crippen LogP contribution in [0.1, 0.15) is 25.3 Å². The standard InChI is InChI=1S/C19H24F3N3O5/c1-3-30-18(29)13-6-4-8-24(10-13)16(27)11-23(2)15(26)12-25-9-5-7-14(17(25)28)19(20,21)22/h5,7,9,13H,3-4,6,8,10-12H2,1-2H3. The molecule has 1 atom stereocenters. The summed E-state index contributed by atoms with van der Waals surface area (Å²) in [6, 6.07) is 1.68. The number of rotatable bonds is 6. The number of carbonyl (C=O) groups excluding carboxylic acids is 3. The Morgan fingerprint density at radius 3 is 2.63 bits per heavy atom. The van der Waals surface area contributed by atoms with Crippen LogP contribution in [-0.4, -0.2) is 65.4 Å². The Morgan fingerprint density at radius 2 is 2.00 bits per heavy atom. The molecule has 1 aromatic rings. The summed E-state index contributed by atoms with van der Waals surface area (Å²) in [7, 11) is 1.33. The van der Waals surface area contributed by atoms with Crippen LogP contribution in [0.25, 0.3) is 0 Å². The third-order valence-electron chi connectivity index (χ3n) is 4.82. The van der Waals surface area contributed by atoms with Crippen LogP contribution < -0.4 is 5.56 Å². The van der Waals surface area contributed by atoms with E-state index in [1.807, 2.05) is 0 Å². The molecule has 1 fully saturated rings. The highest BCUT2D eigenvalue weighted by atomic mass is 19.4. The van der Waals surface area contributed by atoms with Crippen molar-refractivity contribution in [1.82, 2.24) is 14.4 Å². The van der Waals surface area contributed by atoms with E-state index in [2.05, 4.69) is 0 Å². The molecule has 8 nitrogen and oxygen atoms in total. The van der Waals surface area contributed by atoms with Gasteiger partial charge in [-0.25, -0.2) is 0 Å². The Balaban J connectivity index is 1.98. The van der Waals surface area contributed by atoms with Crippen LogP contribution in [-0.2, 0) is 31.8 Å². The molecule has 0 aliphatic carbocycles. The quantitative estimate of drug-likeness (QED) is 0.630. The van der Waals surface area contributed by atoms with Crippen LogP contribution in [0.15, 0.2) is 23.1 Å².